The van der Waals surface area contributed by atoms with Gasteiger partial charge in [0, 0.05) is 27.6 Å². The van der Waals surface area contributed by atoms with Crippen molar-refractivity contribution in [1.29, 1.82) is 5.41 Å². The molecule has 5 aromatic rings. The Morgan fingerprint density at radius 3 is 2.31 bits per heavy atom. The molecule has 1 unspecified atom stereocenters. The number of hydrogen-bond donors (Lipinski definition) is 2. The van der Waals surface area contributed by atoms with E-state index in [4.69, 9.17) is 15.6 Å². The summed E-state index contributed by atoms with van der Waals surface area (Å²) in [7, 11) is 0. The highest BCUT2D eigenvalue weighted by atomic mass is 16.3. The second-order valence-electron chi connectivity index (χ2n) is 11.6. The molecule has 3 N–H and O–H groups in total. The Hall–Kier alpha value is -5.74. The van der Waals surface area contributed by atoms with Crippen molar-refractivity contribution in [2.45, 2.75) is 38.5 Å². The van der Waals surface area contributed by atoms with Crippen LogP contribution >= 0.6 is 0 Å². The highest BCUT2D eigenvalue weighted by Gasteiger charge is 2.15. The highest BCUT2D eigenvalue weighted by molar-refractivity contribution is 6.05. The Labute approximate surface area is 283 Å². The SMILES string of the molecule is C/C=C\C=C/C1=c2ccccc2=N1.C1=CC(CC2=CC(c3ccc4oc5ccccc5c4c3)CC=C2)=CCC1.C=N.Nc1ccccc1. The molecule has 0 radical (unpaired) electrons. The van der Waals surface area contributed by atoms with Gasteiger partial charge in [0.15, 0.2) is 0 Å². The van der Waals surface area contributed by atoms with Crippen LogP contribution in [-0.2, 0) is 0 Å². The van der Waals surface area contributed by atoms with Gasteiger partial charge in [-0.2, -0.15) is 0 Å². The third-order valence-electron chi connectivity index (χ3n) is 8.22. The molecule has 0 bridgehead atoms. The summed E-state index contributed by atoms with van der Waals surface area (Å²) in [5.74, 6) is 0.446. The molecule has 2 heterocycles. The molecule has 4 aromatic carbocycles. The number of allylic oxidation sites excluding steroid dienone is 11. The van der Waals surface area contributed by atoms with E-state index in [0.717, 1.165) is 40.7 Å². The van der Waals surface area contributed by atoms with Crippen LogP contribution in [0.2, 0.25) is 0 Å². The first-order valence-electron chi connectivity index (χ1n) is 16.5. The average molecular weight is 630 g/mol. The van der Waals surface area contributed by atoms with Crippen molar-refractivity contribution in [3.63, 3.8) is 0 Å². The number of hydrogen-bond acceptors (Lipinski definition) is 4. The van der Waals surface area contributed by atoms with Crippen molar-refractivity contribution in [3.8, 4) is 0 Å². The van der Waals surface area contributed by atoms with E-state index in [1.54, 1.807) is 0 Å². The normalized spacial score (nSPS) is 15.9. The predicted molar refractivity (Wildman–Crippen MR) is 205 cm³/mol. The summed E-state index contributed by atoms with van der Waals surface area (Å²) in [6, 6.07) is 32.6. The number of para-hydroxylation sites is 3. The van der Waals surface area contributed by atoms with Crippen LogP contribution < -0.4 is 16.3 Å². The second kappa shape index (κ2) is 17.3. The van der Waals surface area contributed by atoms with Crippen molar-refractivity contribution < 1.29 is 4.42 Å². The van der Waals surface area contributed by atoms with Crippen LogP contribution in [0.1, 0.15) is 44.1 Å². The monoisotopic (exact) mass is 629 g/mol. The molecular formula is C44H43N3O. The summed E-state index contributed by atoms with van der Waals surface area (Å²) in [6.45, 7) is 4.50. The minimum absolute atomic E-state index is 0.446. The van der Waals surface area contributed by atoms with E-state index in [9.17, 15) is 0 Å². The Morgan fingerprint density at radius 1 is 0.812 bits per heavy atom. The first kappa shape index (κ1) is 33.6. The van der Waals surface area contributed by atoms with Gasteiger partial charge in [-0.15, -0.1) is 0 Å². The van der Waals surface area contributed by atoms with Crippen molar-refractivity contribution in [2.24, 2.45) is 4.99 Å². The zero-order valence-corrected chi connectivity index (χ0v) is 27.6. The quantitative estimate of drug-likeness (QED) is 0.115. The van der Waals surface area contributed by atoms with Gasteiger partial charge in [-0.3, -0.25) is 0 Å². The molecule has 3 aliphatic rings. The van der Waals surface area contributed by atoms with E-state index in [0.29, 0.717) is 5.92 Å². The van der Waals surface area contributed by atoms with E-state index in [2.05, 4.69) is 84.6 Å². The molecule has 8 rings (SSSR count). The fourth-order valence-corrected chi connectivity index (χ4v) is 5.87. The Morgan fingerprint density at radius 2 is 1.56 bits per heavy atom. The Balaban J connectivity index is 0.000000170. The van der Waals surface area contributed by atoms with Crippen molar-refractivity contribution in [1.82, 2.24) is 0 Å². The van der Waals surface area contributed by atoms with Gasteiger partial charge >= 0.3 is 0 Å². The molecule has 240 valence electrons. The van der Waals surface area contributed by atoms with Crippen LogP contribution in [0.25, 0.3) is 27.6 Å². The maximum atomic E-state index is 5.97. The first-order valence-corrected chi connectivity index (χ1v) is 16.5. The summed E-state index contributed by atoms with van der Waals surface area (Å²) in [6.07, 6.45) is 26.5. The minimum Gasteiger partial charge on any atom is -0.456 e. The number of anilines is 1. The first-order chi connectivity index (χ1) is 23.7. The molecule has 0 fully saturated rings. The Kier molecular flexibility index (Phi) is 12.1. The van der Waals surface area contributed by atoms with E-state index >= 15 is 0 Å². The fraction of sp³-hybridized carbons (Fsp3) is 0.136. The summed E-state index contributed by atoms with van der Waals surface area (Å²) >= 11 is 0. The lowest BCUT2D eigenvalue weighted by Crippen LogP contribution is -2.33. The summed E-state index contributed by atoms with van der Waals surface area (Å²) in [4.78, 5) is 4.35. The van der Waals surface area contributed by atoms with Gasteiger partial charge in [0.1, 0.15) is 11.2 Å². The number of nitrogens with two attached hydrogens (primary N) is 1. The average Bonchev–Trinajstić information content (AvgIpc) is 3.51. The molecular weight excluding hydrogens is 587 g/mol. The van der Waals surface area contributed by atoms with E-state index in [-0.39, 0.29) is 0 Å². The molecule has 0 spiro atoms. The summed E-state index contributed by atoms with van der Waals surface area (Å²) < 4.78 is 5.97. The standard InChI is InChI=1S/C25H22O.C12H11N.C6H7N.CH3N/c1-2-7-18(8-3-1)15-19-9-6-10-20(16-19)21-13-14-25-23(17-21)22-11-4-5-12-24(22)26-25;1-2-3-4-8-11-10-7-5-6-9-12(10)13-11;7-6-4-2-1-3-5-6;1-2/h2,4-9,11-14,16-17,20H,1,3,10,15H2;2-9H,1H3;1-5H,7H2;2H,1H2/b;3-2-,8-4-;;. The Bertz CT molecular complexity index is 2140. The maximum Gasteiger partial charge on any atom is 0.135 e. The molecule has 2 aliphatic carbocycles. The lowest BCUT2D eigenvalue weighted by molar-refractivity contribution is 0.668. The lowest BCUT2D eigenvalue weighted by atomic mass is 9.86. The number of benzene rings is 4. The van der Waals surface area contributed by atoms with Crippen LogP contribution in [0.5, 0.6) is 0 Å². The topological polar surface area (TPSA) is 75.4 Å². The molecule has 0 saturated heterocycles. The zero-order chi connectivity index (χ0) is 33.6. The number of nitrogens with one attached hydrogen (secondary N) is 1. The van der Waals surface area contributed by atoms with Crippen LogP contribution in [0.4, 0.5) is 5.69 Å². The molecule has 4 heteroatoms. The van der Waals surface area contributed by atoms with Crippen molar-refractivity contribution >= 4 is 40.0 Å². The van der Waals surface area contributed by atoms with Crippen molar-refractivity contribution in [2.75, 3.05) is 5.73 Å². The van der Waals surface area contributed by atoms with Crippen LogP contribution in [0.3, 0.4) is 0 Å². The largest absolute Gasteiger partial charge is 0.456 e. The van der Waals surface area contributed by atoms with Crippen LogP contribution in [-0.4, -0.2) is 6.72 Å². The smallest absolute Gasteiger partial charge is 0.135 e. The third kappa shape index (κ3) is 8.74. The molecule has 0 amide bonds. The molecule has 1 aliphatic heterocycles. The molecule has 0 saturated carbocycles. The molecule has 48 heavy (non-hydrogen) atoms. The third-order valence-corrected chi connectivity index (χ3v) is 8.22. The lowest BCUT2D eigenvalue weighted by Gasteiger charge is -2.18. The minimum atomic E-state index is 0.446. The second-order valence-corrected chi connectivity index (χ2v) is 11.6. The van der Waals surface area contributed by atoms with Gasteiger partial charge in [0.25, 0.3) is 0 Å². The van der Waals surface area contributed by atoms with Crippen LogP contribution in [0, 0.1) is 5.41 Å². The number of rotatable bonds is 5. The number of nitrogen functional groups attached to an aromatic ring is 1. The summed E-state index contributed by atoms with van der Waals surface area (Å²) in [5, 5.41) is 10.3. The van der Waals surface area contributed by atoms with Gasteiger partial charge in [0.05, 0.1) is 11.1 Å². The molecule has 1 aromatic heterocycles. The molecule has 4 nitrogen and oxygen atoms in total. The van der Waals surface area contributed by atoms with E-state index in [1.807, 2.05) is 91.9 Å². The van der Waals surface area contributed by atoms with Gasteiger partial charge < -0.3 is 15.6 Å². The van der Waals surface area contributed by atoms with Gasteiger partial charge in [0.2, 0.25) is 0 Å². The maximum absolute atomic E-state index is 5.97. The van der Waals surface area contributed by atoms with Crippen molar-refractivity contribution in [3.05, 3.63) is 185 Å². The van der Waals surface area contributed by atoms with Crippen LogP contribution in [0.15, 0.2) is 178 Å². The molecule has 1 atom stereocenters. The van der Waals surface area contributed by atoms with Gasteiger partial charge in [-0.1, -0.05) is 115 Å². The van der Waals surface area contributed by atoms with E-state index in [1.165, 1.54) is 45.5 Å². The van der Waals surface area contributed by atoms with Gasteiger partial charge in [-0.25, -0.2) is 4.99 Å². The fourth-order valence-electron chi connectivity index (χ4n) is 5.87. The number of fused-ring (bicyclic) bond motifs is 4. The number of furan rings is 1. The summed E-state index contributed by atoms with van der Waals surface area (Å²) in [5.41, 5.74) is 13.4. The van der Waals surface area contributed by atoms with Gasteiger partial charge in [-0.05, 0) is 98.5 Å². The predicted octanol–water partition coefficient (Wildman–Crippen LogP) is 10.3. The van der Waals surface area contributed by atoms with E-state index < -0.39 is 0 Å². The zero-order valence-electron chi connectivity index (χ0n) is 27.6. The highest BCUT2D eigenvalue weighted by Crippen LogP contribution is 2.35. The number of nitrogens with zero attached hydrogens (tertiary/aromatic N) is 1.